The van der Waals surface area contributed by atoms with E-state index in [0.717, 1.165) is 35.7 Å². The van der Waals surface area contributed by atoms with Crippen LogP contribution in [0.3, 0.4) is 0 Å². The van der Waals surface area contributed by atoms with E-state index >= 15 is 0 Å². The summed E-state index contributed by atoms with van der Waals surface area (Å²) < 4.78 is 0. The fourth-order valence-corrected chi connectivity index (χ4v) is 3.45. The minimum absolute atomic E-state index is 0.299. The van der Waals surface area contributed by atoms with E-state index in [1.165, 1.54) is 12.8 Å². The first kappa shape index (κ1) is 18.3. The van der Waals surface area contributed by atoms with E-state index in [-0.39, 0.29) is 6.03 Å². The van der Waals surface area contributed by atoms with Crippen molar-refractivity contribution in [1.29, 1.82) is 0 Å². The van der Waals surface area contributed by atoms with Crippen LogP contribution in [0, 0.1) is 0 Å². The van der Waals surface area contributed by atoms with Crippen LogP contribution in [0.5, 0.6) is 0 Å². The second-order valence-electron chi connectivity index (χ2n) is 6.76. The Morgan fingerprint density at radius 3 is 2.39 bits per heavy atom. The molecule has 5 nitrogen and oxygen atoms in total. The van der Waals surface area contributed by atoms with E-state index < -0.39 is 0 Å². The molecule has 1 aliphatic heterocycles. The van der Waals surface area contributed by atoms with Crippen molar-refractivity contribution in [1.82, 2.24) is 4.98 Å². The maximum atomic E-state index is 12.3. The highest BCUT2D eigenvalue weighted by molar-refractivity contribution is 6.30. The van der Waals surface area contributed by atoms with E-state index in [9.17, 15) is 4.79 Å². The lowest BCUT2D eigenvalue weighted by Crippen LogP contribution is -2.19. The molecule has 2 heterocycles. The molecular weight excluding hydrogens is 372 g/mol. The molecule has 1 saturated heterocycles. The fraction of sp³-hybridized carbons (Fsp3) is 0.182. The Labute approximate surface area is 169 Å². The summed E-state index contributed by atoms with van der Waals surface area (Å²) in [6, 6.07) is 18.6. The second-order valence-corrected chi connectivity index (χ2v) is 7.20. The standard InChI is InChI=1S/C22H21ClN4O/c23-18-6-8-19(9-7-18)25-22(28)26-20-5-3-4-16(14-20)17-10-11-24-21(15-17)27-12-1-2-13-27/h3-11,14-15H,1-2,12-13H2,(H2,25,26,28). The van der Waals surface area contributed by atoms with Crippen LogP contribution in [0.15, 0.2) is 66.9 Å². The summed E-state index contributed by atoms with van der Waals surface area (Å²) in [7, 11) is 0. The van der Waals surface area contributed by atoms with Crippen LogP contribution in [0.4, 0.5) is 22.0 Å². The maximum Gasteiger partial charge on any atom is 0.323 e. The Balaban J connectivity index is 1.47. The summed E-state index contributed by atoms with van der Waals surface area (Å²) in [5.41, 5.74) is 3.52. The molecule has 0 unspecified atom stereocenters. The number of amides is 2. The molecule has 0 atom stereocenters. The van der Waals surface area contributed by atoms with Crippen LogP contribution in [0.25, 0.3) is 11.1 Å². The molecule has 0 radical (unpaired) electrons. The smallest absolute Gasteiger partial charge is 0.323 e. The number of aromatic nitrogens is 1. The number of benzene rings is 2. The fourth-order valence-electron chi connectivity index (χ4n) is 3.32. The molecular formula is C22H21ClN4O. The summed E-state index contributed by atoms with van der Waals surface area (Å²) in [5, 5.41) is 6.30. The molecule has 2 amide bonds. The number of anilines is 3. The van der Waals surface area contributed by atoms with Crippen molar-refractivity contribution in [2.45, 2.75) is 12.8 Å². The van der Waals surface area contributed by atoms with Gasteiger partial charge in [-0.2, -0.15) is 0 Å². The van der Waals surface area contributed by atoms with E-state index in [4.69, 9.17) is 11.6 Å². The van der Waals surface area contributed by atoms with E-state index in [1.807, 2.05) is 36.5 Å². The van der Waals surface area contributed by atoms with Crippen LogP contribution in [0.2, 0.25) is 5.02 Å². The molecule has 0 aliphatic carbocycles. The van der Waals surface area contributed by atoms with Crippen LogP contribution in [-0.4, -0.2) is 24.1 Å². The number of carbonyl (C=O) groups is 1. The summed E-state index contributed by atoms with van der Waals surface area (Å²) in [5.74, 6) is 1.01. The monoisotopic (exact) mass is 392 g/mol. The number of pyridine rings is 1. The third-order valence-electron chi connectivity index (χ3n) is 4.73. The largest absolute Gasteiger partial charge is 0.357 e. The summed E-state index contributed by atoms with van der Waals surface area (Å²) in [6.07, 6.45) is 4.28. The van der Waals surface area contributed by atoms with Gasteiger partial charge in [0.05, 0.1) is 0 Å². The molecule has 6 heteroatoms. The van der Waals surface area contributed by atoms with Crippen molar-refractivity contribution in [3.8, 4) is 11.1 Å². The van der Waals surface area contributed by atoms with Gasteiger partial charge in [-0.3, -0.25) is 0 Å². The predicted molar refractivity (Wildman–Crippen MR) is 115 cm³/mol. The van der Waals surface area contributed by atoms with Crippen molar-refractivity contribution < 1.29 is 4.79 Å². The third-order valence-corrected chi connectivity index (χ3v) is 4.98. The normalized spacial score (nSPS) is 13.4. The molecule has 1 aliphatic rings. The van der Waals surface area contributed by atoms with E-state index in [0.29, 0.717) is 10.7 Å². The van der Waals surface area contributed by atoms with Gasteiger partial charge < -0.3 is 15.5 Å². The van der Waals surface area contributed by atoms with Gasteiger partial charge in [-0.1, -0.05) is 23.7 Å². The number of hydrogen-bond acceptors (Lipinski definition) is 3. The number of nitrogens with one attached hydrogen (secondary N) is 2. The lowest BCUT2D eigenvalue weighted by Gasteiger charge is -2.17. The van der Waals surface area contributed by atoms with Gasteiger partial charge in [0.15, 0.2) is 0 Å². The average Bonchev–Trinajstić information content (AvgIpc) is 3.25. The highest BCUT2D eigenvalue weighted by Gasteiger charge is 2.14. The third kappa shape index (κ3) is 4.43. The van der Waals surface area contributed by atoms with Gasteiger partial charge in [0.2, 0.25) is 0 Å². The quantitative estimate of drug-likeness (QED) is 0.603. The highest BCUT2D eigenvalue weighted by atomic mass is 35.5. The zero-order chi connectivity index (χ0) is 19.3. The van der Waals surface area contributed by atoms with Gasteiger partial charge in [-0.05, 0) is 72.5 Å². The lowest BCUT2D eigenvalue weighted by molar-refractivity contribution is 0.262. The SMILES string of the molecule is O=C(Nc1ccc(Cl)cc1)Nc1cccc(-c2ccnc(N3CCCC3)c2)c1. The first-order valence-corrected chi connectivity index (χ1v) is 9.70. The Hall–Kier alpha value is -3.05. The first-order chi connectivity index (χ1) is 13.7. The van der Waals surface area contributed by atoms with Crippen molar-refractivity contribution in [3.63, 3.8) is 0 Å². The number of halogens is 1. The van der Waals surface area contributed by atoms with Gasteiger partial charge in [0.25, 0.3) is 0 Å². The van der Waals surface area contributed by atoms with Crippen LogP contribution in [0.1, 0.15) is 12.8 Å². The van der Waals surface area contributed by atoms with Crippen molar-refractivity contribution in [3.05, 3.63) is 71.9 Å². The van der Waals surface area contributed by atoms with Crippen LogP contribution >= 0.6 is 11.6 Å². The topological polar surface area (TPSA) is 57.3 Å². The zero-order valence-electron chi connectivity index (χ0n) is 15.4. The second kappa shape index (κ2) is 8.31. The molecule has 28 heavy (non-hydrogen) atoms. The Kier molecular flexibility index (Phi) is 5.44. The molecule has 2 aromatic carbocycles. The van der Waals surface area contributed by atoms with Crippen molar-refractivity contribution >= 4 is 34.8 Å². The molecule has 1 aromatic heterocycles. The number of hydrogen-bond donors (Lipinski definition) is 2. The van der Waals surface area contributed by atoms with Crippen LogP contribution < -0.4 is 15.5 Å². The van der Waals surface area contributed by atoms with Crippen molar-refractivity contribution in [2.24, 2.45) is 0 Å². The van der Waals surface area contributed by atoms with Gasteiger partial charge in [-0.15, -0.1) is 0 Å². The number of nitrogens with zero attached hydrogens (tertiary/aromatic N) is 2. The van der Waals surface area contributed by atoms with Crippen LogP contribution in [-0.2, 0) is 0 Å². The number of carbonyl (C=O) groups excluding carboxylic acids is 1. The lowest BCUT2D eigenvalue weighted by atomic mass is 10.1. The zero-order valence-corrected chi connectivity index (χ0v) is 16.1. The van der Waals surface area contributed by atoms with Gasteiger partial charge in [0.1, 0.15) is 5.82 Å². The van der Waals surface area contributed by atoms with Gasteiger partial charge >= 0.3 is 6.03 Å². The Morgan fingerprint density at radius 1 is 0.893 bits per heavy atom. The predicted octanol–water partition coefficient (Wildman–Crippen LogP) is 5.65. The summed E-state index contributed by atoms with van der Waals surface area (Å²) >= 11 is 5.87. The number of rotatable bonds is 4. The van der Waals surface area contributed by atoms with Crippen molar-refractivity contribution in [2.75, 3.05) is 28.6 Å². The van der Waals surface area contributed by atoms with E-state index in [1.54, 1.807) is 24.3 Å². The minimum Gasteiger partial charge on any atom is -0.357 e. The Bertz CT molecular complexity index is 968. The minimum atomic E-state index is -0.299. The number of urea groups is 1. The van der Waals surface area contributed by atoms with Gasteiger partial charge in [-0.25, -0.2) is 9.78 Å². The summed E-state index contributed by atoms with van der Waals surface area (Å²) in [4.78, 5) is 19.1. The molecule has 4 rings (SSSR count). The highest BCUT2D eigenvalue weighted by Crippen LogP contribution is 2.27. The molecule has 3 aromatic rings. The molecule has 0 bridgehead atoms. The maximum absolute atomic E-state index is 12.3. The average molecular weight is 393 g/mol. The molecule has 0 spiro atoms. The Morgan fingerprint density at radius 2 is 1.61 bits per heavy atom. The molecule has 1 fully saturated rings. The summed E-state index contributed by atoms with van der Waals surface area (Å²) in [6.45, 7) is 2.12. The molecule has 142 valence electrons. The molecule has 2 N–H and O–H groups in total. The van der Waals surface area contributed by atoms with Gasteiger partial charge in [0, 0.05) is 35.7 Å². The first-order valence-electron chi connectivity index (χ1n) is 9.32. The molecule has 0 saturated carbocycles. The van der Waals surface area contributed by atoms with E-state index in [2.05, 4.69) is 26.6 Å².